The zero-order valence-electron chi connectivity index (χ0n) is 27.7. The van der Waals surface area contributed by atoms with Crippen LogP contribution in [0.25, 0.3) is 0 Å². The second kappa shape index (κ2) is 24.6. The number of aliphatic carboxylic acids is 3. The summed E-state index contributed by atoms with van der Waals surface area (Å²) < 4.78 is 12.0. The summed E-state index contributed by atoms with van der Waals surface area (Å²) in [5.74, 6) is -12.6. The lowest BCUT2D eigenvalue weighted by Gasteiger charge is -2.21. The third kappa shape index (κ3) is 22.2. The molecule has 52 heavy (non-hydrogen) atoms. The van der Waals surface area contributed by atoms with Crippen LogP contribution in [0, 0.1) is 0 Å². The van der Waals surface area contributed by atoms with Gasteiger partial charge in [-0.25, -0.2) is 0 Å². The van der Waals surface area contributed by atoms with Gasteiger partial charge in [-0.3, -0.25) is 57.5 Å². The van der Waals surface area contributed by atoms with Crippen molar-refractivity contribution in [3.8, 4) is 0 Å². The highest BCUT2D eigenvalue weighted by Crippen LogP contribution is 1.93. The quantitative estimate of drug-likeness (QED) is 0.0306. The molecule has 0 aliphatic rings. The van der Waals surface area contributed by atoms with Crippen LogP contribution in [0.1, 0.15) is 6.92 Å². The molecule has 0 aromatic rings. The van der Waals surface area contributed by atoms with Gasteiger partial charge in [0.2, 0.25) is 53.2 Å². The van der Waals surface area contributed by atoms with Crippen molar-refractivity contribution < 1.29 is 77.3 Å². The average molecular weight is 751 g/mol. The number of hydrogen-bond donors (Lipinski definition) is 10. The summed E-state index contributed by atoms with van der Waals surface area (Å²) in [6.45, 7) is -8.27. The van der Waals surface area contributed by atoms with Crippen molar-refractivity contribution in [2.24, 2.45) is 0 Å². The number of amides is 9. The highest BCUT2D eigenvalue weighted by Gasteiger charge is 2.23. The molecule has 0 saturated heterocycles. The third-order valence-corrected chi connectivity index (χ3v) is 5.84. The Kier molecular flexibility index (Phi) is 21.6. The highest BCUT2D eigenvalue weighted by atomic mass is 19.2. The molecule has 25 nitrogen and oxygen atoms in total. The number of rotatable bonds is 25. The molecule has 10 N–H and O–H groups in total. The van der Waals surface area contributed by atoms with E-state index < -0.39 is 143 Å². The van der Waals surface area contributed by atoms with Crippen molar-refractivity contribution in [1.29, 1.82) is 0 Å². The van der Waals surface area contributed by atoms with E-state index in [0.29, 0.717) is 14.7 Å². The van der Waals surface area contributed by atoms with Gasteiger partial charge in [-0.1, -0.05) is 0 Å². The van der Waals surface area contributed by atoms with Gasteiger partial charge in [0.15, 0.2) is 0 Å². The van der Waals surface area contributed by atoms with Crippen LogP contribution in [0.15, 0.2) is 0 Å². The molecule has 0 bridgehead atoms. The lowest BCUT2D eigenvalue weighted by atomic mass is 10.3. The van der Waals surface area contributed by atoms with Gasteiger partial charge < -0.3 is 61.9 Å². The first-order valence-electron chi connectivity index (χ1n) is 14.7. The van der Waals surface area contributed by atoms with Crippen molar-refractivity contribution >= 4 is 71.1 Å². The number of nitrogens with zero attached hydrogens (tertiary/aromatic N) is 3. The van der Waals surface area contributed by atoms with Crippen molar-refractivity contribution in [2.45, 2.75) is 6.92 Å². The smallest absolute Gasteiger partial charge is 0.323 e. The Morgan fingerprint density at radius 1 is 0.423 bits per heavy atom. The van der Waals surface area contributed by atoms with Crippen LogP contribution in [0.3, 0.4) is 0 Å². The Labute approximate surface area is 292 Å². The van der Waals surface area contributed by atoms with E-state index in [9.17, 15) is 62.0 Å². The fourth-order valence-electron chi connectivity index (χ4n) is 3.53. The summed E-state index contributed by atoms with van der Waals surface area (Å²) >= 11 is 0. The maximum absolute atomic E-state index is 12.5. The molecule has 0 heterocycles. The fourth-order valence-corrected chi connectivity index (χ4v) is 3.53. The van der Waals surface area contributed by atoms with Crippen molar-refractivity contribution in [2.75, 3.05) is 85.1 Å². The lowest BCUT2D eigenvalue weighted by molar-refractivity contribution is -0.146. The molecule has 0 fully saturated rings. The van der Waals surface area contributed by atoms with Crippen molar-refractivity contribution in [3.63, 3.8) is 0 Å². The van der Waals surface area contributed by atoms with E-state index in [1.165, 1.54) is 0 Å². The van der Waals surface area contributed by atoms with E-state index in [1.54, 1.807) is 0 Å². The zero-order valence-corrected chi connectivity index (χ0v) is 27.7. The summed E-state index contributed by atoms with van der Waals surface area (Å²) in [5, 5.41) is 39.9. The maximum Gasteiger partial charge on any atom is 0.323 e. The molecule has 26 heteroatoms. The first kappa shape index (κ1) is 45.5. The topological polar surface area (TPSA) is 359 Å². The minimum Gasteiger partial charge on any atom is -0.480 e. The largest absolute Gasteiger partial charge is 0.480 e. The van der Waals surface area contributed by atoms with E-state index in [2.05, 4.69) is 26.6 Å². The first-order chi connectivity index (χ1) is 24.3. The number of hydrogen-bond acceptors (Lipinski definition) is 13. The predicted molar refractivity (Wildman–Crippen MR) is 165 cm³/mol. The summed E-state index contributed by atoms with van der Waals surface area (Å²) in [6, 6.07) is 0. The number of nitrogens with one attached hydrogen (secondary N) is 7. The van der Waals surface area contributed by atoms with Gasteiger partial charge in [-0.05, 0) is 0 Å². The summed E-state index contributed by atoms with van der Waals surface area (Å²) in [7, 11) is 0. The Morgan fingerprint density at radius 2 is 0.731 bits per heavy atom. The summed E-state index contributed by atoms with van der Waals surface area (Å²) in [5.41, 5.74) is 1.04. The Hall–Kier alpha value is -6.47. The van der Waals surface area contributed by atoms with Gasteiger partial charge in [-0.15, -0.1) is 10.0 Å². The molecule has 290 valence electrons. The van der Waals surface area contributed by atoms with Crippen molar-refractivity contribution in [3.05, 3.63) is 0 Å². The number of carboxylic acids is 3. The molecular formula is C26H39FN10O15. The number of carbonyl (C=O) groups excluding carboxylic acids is 9. The first-order valence-corrected chi connectivity index (χ1v) is 14.7. The highest BCUT2D eigenvalue weighted by molar-refractivity contribution is 5.94. The van der Waals surface area contributed by atoms with Crippen LogP contribution >= 0.6 is 0 Å². The SMILES string of the molecule is CC(=O)NCC(=O)N(CC(=O)O)CC(=O)NCCNC(=O)CN(CC(=O)O)C(=O)CNC(=O)CNC(=O)CN(CC(=O)O)C(=O)CNC(=O)CNF. The van der Waals surface area contributed by atoms with E-state index >= 15 is 0 Å². The zero-order chi connectivity index (χ0) is 39.8. The normalized spacial score (nSPS) is 10.0. The van der Waals surface area contributed by atoms with Crippen LogP contribution in [0.2, 0.25) is 0 Å². The van der Waals surface area contributed by atoms with Crippen molar-refractivity contribution in [1.82, 2.24) is 52.1 Å². The van der Waals surface area contributed by atoms with Gasteiger partial charge in [0, 0.05) is 20.0 Å². The van der Waals surface area contributed by atoms with Crippen LogP contribution < -0.4 is 37.4 Å². The van der Waals surface area contributed by atoms with E-state index in [-0.39, 0.29) is 13.1 Å². The molecule has 0 aromatic carbocycles. The van der Waals surface area contributed by atoms with Crippen LogP contribution in [0.4, 0.5) is 4.48 Å². The predicted octanol–water partition coefficient (Wildman–Crippen LogP) is -8.08. The lowest BCUT2D eigenvalue weighted by Crippen LogP contribution is -2.50. The van der Waals surface area contributed by atoms with Gasteiger partial charge in [0.25, 0.3) is 0 Å². The average Bonchev–Trinajstić information content (AvgIpc) is 3.04. The second-order valence-corrected chi connectivity index (χ2v) is 10.2. The van der Waals surface area contributed by atoms with Gasteiger partial charge in [0.05, 0.1) is 26.2 Å². The molecule has 0 rings (SSSR count). The Morgan fingerprint density at radius 3 is 1.06 bits per heavy atom. The Bertz CT molecular complexity index is 1380. The molecular weight excluding hydrogens is 711 g/mol. The number of halogens is 1. The molecule has 9 amide bonds. The molecule has 0 aliphatic heterocycles. The molecule has 0 atom stereocenters. The van der Waals surface area contributed by atoms with Gasteiger partial charge >= 0.3 is 17.9 Å². The molecule has 0 aliphatic carbocycles. The monoisotopic (exact) mass is 750 g/mol. The third-order valence-electron chi connectivity index (χ3n) is 5.84. The molecule has 0 aromatic heterocycles. The van der Waals surface area contributed by atoms with Crippen LogP contribution in [-0.4, -0.2) is 186 Å². The van der Waals surface area contributed by atoms with E-state index in [1.807, 2.05) is 5.32 Å². The standard InChI is InChI=1S/C26H39FN10O15/c1-15(38)30-6-21(44)35(12-24(47)48)9-18(41)28-2-3-29-19(42)10-36(13-25(49)50)22(45)7-32-16(39)4-31-20(43)11-37(14-26(51)52)23(46)8-33-17(40)5-34-27/h34H,2-14H2,1H3,(H,28,41)(H,29,42)(H,30,38)(H,31,43)(H,32,39)(H,33,40)(H,47,48)(H,49,50)(H,51,52). The number of carbonyl (C=O) groups is 12. The van der Waals surface area contributed by atoms with Gasteiger partial charge in [0.1, 0.15) is 45.8 Å². The second-order valence-electron chi connectivity index (χ2n) is 10.2. The fraction of sp³-hybridized carbons (Fsp3) is 0.538. The van der Waals surface area contributed by atoms with E-state index in [0.717, 1.165) is 12.5 Å². The van der Waals surface area contributed by atoms with Gasteiger partial charge in [-0.2, -0.15) is 0 Å². The van der Waals surface area contributed by atoms with Crippen LogP contribution in [0.5, 0.6) is 0 Å². The Balaban J connectivity index is 4.86. The molecule has 0 saturated carbocycles. The molecule has 0 spiro atoms. The van der Waals surface area contributed by atoms with E-state index in [4.69, 9.17) is 15.3 Å². The maximum atomic E-state index is 12.5. The molecule has 0 radical (unpaired) electrons. The summed E-state index contributed by atoms with van der Waals surface area (Å²) in [6.07, 6.45) is 0. The molecule has 0 unspecified atom stereocenters. The minimum absolute atomic E-state index is 0.239. The summed E-state index contributed by atoms with van der Waals surface area (Å²) in [4.78, 5) is 143. The van der Waals surface area contributed by atoms with Crippen LogP contribution in [-0.2, 0) is 57.5 Å². The number of carboxylic acid groups (broad SMARTS) is 3. The minimum atomic E-state index is -1.52.